The molecule has 32 heavy (non-hydrogen) atoms. The summed E-state index contributed by atoms with van der Waals surface area (Å²) in [6.45, 7) is 0.506. The van der Waals surface area contributed by atoms with Crippen molar-refractivity contribution in [2.45, 2.75) is 5.03 Å². The molecule has 3 heterocycles. The number of hydrogen-bond acceptors (Lipinski definition) is 4. The Morgan fingerprint density at radius 2 is 1.78 bits per heavy atom. The number of halogens is 1. The van der Waals surface area contributed by atoms with Gasteiger partial charge in [-0.3, -0.25) is 9.98 Å². The first-order valence-electron chi connectivity index (χ1n) is 9.99. The van der Waals surface area contributed by atoms with Gasteiger partial charge in [0.15, 0.2) is 5.96 Å². The summed E-state index contributed by atoms with van der Waals surface area (Å²) >= 11 is 5.12. The van der Waals surface area contributed by atoms with Crippen LogP contribution < -0.4 is 11.5 Å². The third kappa shape index (κ3) is 3.96. The van der Waals surface area contributed by atoms with E-state index in [-0.39, 0.29) is 5.96 Å². The molecule has 7 nitrogen and oxygen atoms in total. The molecular weight excluding hydrogens is 486 g/mol. The van der Waals surface area contributed by atoms with E-state index >= 15 is 0 Å². The maximum Gasteiger partial charge on any atom is 0.185 e. The van der Waals surface area contributed by atoms with Gasteiger partial charge in [-0.1, -0.05) is 40.2 Å². The first kappa shape index (κ1) is 20.6. The molecule has 6 N–H and O–H groups in total. The molecule has 3 aromatic heterocycles. The van der Waals surface area contributed by atoms with Crippen LogP contribution in [0.5, 0.6) is 0 Å². The third-order valence-corrected chi connectivity index (χ3v) is 6.57. The fraction of sp³-hybridized carbons (Fsp3) is 0.0870. The lowest BCUT2D eigenvalue weighted by atomic mass is 10.1. The van der Waals surface area contributed by atoms with Crippen molar-refractivity contribution in [2.75, 3.05) is 12.3 Å². The minimum atomic E-state index is 0.0895. The van der Waals surface area contributed by atoms with E-state index in [0.717, 1.165) is 53.8 Å². The Morgan fingerprint density at radius 3 is 2.66 bits per heavy atom. The largest absolute Gasteiger partial charge is 0.370 e. The van der Waals surface area contributed by atoms with Crippen LogP contribution in [-0.4, -0.2) is 38.2 Å². The van der Waals surface area contributed by atoms with Crippen LogP contribution in [0.15, 0.2) is 75.5 Å². The summed E-state index contributed by atoms with van der Waals surface area (Å²) in [7, 11) is 0. The van der Waals surface area contributed by atoms with Gasteiger partial charge < -0.3 is 21.4 Å². The Balaban J connectivity index is 1.60. The van der Waals surface area contributed by atoms with Crippen LogP contribution in [-0.2, 0) is 0 Å². The molecule has 0 fully saturated rings. The summed E-state index contributed by atoms with van der Waals surface area (Å²) in [5.41, 5.74) is 16.7. The Kier molecular flexibility index (Phi) is 5.59. The highest BCUT2D eigenvalue weighted by Crippen LogP contribution is 2.36. The second kappa shape index (κ2) is 8.68. The van der Waals surface area contributed by atoms with E-state index in [1.165, 1.54) is 0 Å². The lowest BCUT2D eigenvalue weighted by Gasteiger charge is -2.09. The molecule has 0 aliphatic heterocycles. The van der Waals surface area contributed by atoms with Gasteiger partial charge in [0.1, 0.15) is 10.7 Å². The van der Waals surface area contributed by atoms with Crippen molar-refractivity contribution in [3.05, 3.63) is 65.5 Å². The predicted octanol–water partition coefficient (Wildman–Crippen LogP) is 4.90. The van der Waals surface area contributed by atoms with Gasteiger partial charge in [-0.15, -0.1) is 11.8 Å². The average Bonchev–Trinajstić information content (AvgIpc) is 3.40. The Labute approximate surface area is 196 Å². The summed E-state index contributed by atoms with van der Waals surface area (Å²) < 4.78 is 1.02. The van der Waals surface area contributed by atoms with Crippen LogP contribution in [0.4, 0.5) is 0 Å². The number of nitrogens with one attached hydrogen (secondary N) is 2. The van der Waals surface area contributed by atoms with Crippen molar-refractivity contribution in [1.29, 1.82) is 0 Å². The van der Waals surface area contributed by atoms with Crippen LogP contribution in [0.1, 0.15) is 0 Å². The lowest BCUT2D eigenvalue weighted by molar-refractivity contribution is 1.06. The Hall–Kier alpha value is -3.30. The van der Waals surface area contributed by atoms with Gasteiger partial charge in [-0.05, 0) is 18.2 Å². The van der Waals surface area contributed by atoms with Crippen molar-refractivity contribution in [3.8, 4) is 22.5 Å². The number of nitrogens with zero attached hydrogens (tertiary/aromatic N) is 3. The lowest BCUT2D eigenvalue weighted by Crippen LogP contribution is -2.23. The molecule has 2 aromatic carbocycles. The first-order chi connectivity index (χ1) is 15.6. The first-order valence-corrected chi connectivity index (χ1v) is 11.8. The highest BCUT2D eigenvalue weighted by atomic mass is 79.9. The molecule has 0 saturated carbocycles. The normalized spacial score (nSPS) is 11.3. The van der Waals surface area contributed by atoms with Gasteiger partial charge in [-0.25, -0.2) is 4.98 Å². The van der Waals surface area contributed by atoms with E-state index < -0.39 is 0 Å². The van der Waals surface area contributed by atoms with Crippen molar-refractivity contribution in [2.24, 2.45) is 16.5 Å². The zero-order valence-corrected chi connectivity index (χ0v) is 19.4. The topological polar surface area (TPSA) is 122 Å². The van der Waals surface area contributed by atoms with E-state index in [1.807, 2.05) is 36.8 Å². The molecule has 0 amide bonds. The summed E-state index contributed by atoms with van der Waals surface area (Å²) in [5.74, 6) is 0.775. The van der Waals surface area contributed by atoms with Gasteiger partial charge in [0.2, 0.25) is 0 Å². The third-order valence-electron chi connectivity index (χ3n) is 5.13. The van der Waals surface area contributed by atoms with E-state index in [0.29, 0.717) is 12.3 Å². The van der Waals surface area contributed by atoms with Crippen LogP contribution in [0, 0.1) is 0 Å². The molecule has 160 valence electrons. The second-order valence-electron chi connectivity index (χ2n) is 7.20. The average molecular weight is 506 g/mol. The number of aromatic amines is 2. The highest BCUT2D eigenvalue weighted by Gasteiger charge is 2.17. The number of aromatic nitrogens is 4. The zero-order chi connectivity index (χ0) is 22.1. The highest BCUT2D eigenvalue weighted by molar-refractivity contribution is 9.10. The molecule has 0 spiro atoms. The number of nitrogens with two attached hydrogens (primary N) is 2. The van der Waals surface area contributed by atoms with Gasteiger partial charge in [0.05, 0.1) is 18.4 Å². The van der Waals surface area contributed by atoms with E-state index in [9.17, 15) is 0 Å². The number of guanidine groups is 1. The SMILES string of the molecule is NC(N)=NCCSc1nc(-c2c[nH]c3ccccc23)cnc1-c1c[nH]c2cc(Br)ccc12. The molecule has 0 aliphatic carbocycles. The molecule has 0 atom stereocenters. The summed E-state index contributed by atoms with van der Waals surface area (Å²) in [6, 6.07) is 14.3. The van der Waals surface area contributed by atoms with E-state index in [1.54, 1.807) is 11.8 Å². The number of fused-ring (bicyclic) bond motifs is 2. The fourth-order valence-electron chi connectivity index (χ4n) is 3.68. The molecule has 0 radical (unpaired) electrons. The maximum atomic E-state index is 5.47. The number of hydrogen-bond donors (Lipinski definition) is 4. The van der Waals surface area contributed by atoms with Gasteiger partial charge >= 0.3 is 0 Å². The molecule has 0 bridgehead atoms. The van der Waals surface area contributed by atoms with Crippen molar-refractivity contribution < 1.29 is 0 Å². The standard InChI is InChI=1S/C23H20BrN7S/c24-13-5-6-15-17(11-29-19(15)9-13)21-22(32-8-7-27-23(25)26)31-20(12-30-21)16-10-28-18-4-2-1-3-14(16)18/h1-6,9-12,28-29H,7-8H2,(H4,25,26,27). The van der Waals surface area contributed by atoms with E-state index in [2.05, 4.69) is 55.2 Å². The number of thioether (sulfide) groups is 1. The molecule has 0 unspecified atom stereocenters. The quantitative estimate of drug-likeness (QED) is 0.113. The number of benzene rings is 2. The number of rotatable bonds is 6. The number of H-pyrrole nitrogens is 2. The van der Waals surface area contributed by atoms with Gasteiger partial charge in [0, 0.05) is 55.6 Å². The zero-order valence-electron chi connectivity index (χ0n) is 17.0. The Bertz CT molecular complexity index is 1450. The Morgan fingerprint density at radius 1 is 1.00 bits per heavy atom. The fourth-order valence-corrected chi connectivity index (χ4v) is 4.88. The minimum absolute atomic E-state index is 0.0895. The van der Waals surface area contributed by atoms with Crippen LogP contribution in [0.2, 0.25) is 0 Å². The molecule has 5 rings (SSSR count). The van der Waals surface area contributed by atoms with E-state index in [4.69, 9.17) is 21.4 Å². The monoisotopic (exact) mass is 505 g/mol. The minimum Gasteiger partial charge on any atom is -0.370 e. The molecular formula is C23H20BrN7S. The van der Waals surface area contributed by atoms with Gasteiger partial charge in [0.25, 0.3) is 0 Å². The maximum absolute atomic E-state index is 5.47. The van der Waals surface area contributed by atoms with Crippen LogP contribution in [0.25, 0.3) is 44.3 Å². The summed E-state index contributed by atoms with van der Waals surface area (Å²) in [5, 5.41) is 3.04. The van der Waals surface area contributed by atoms with Crippen LogP contribution >= 0.6 is 27.7 Å². The number of aliphatic imine (C=N–C) groups is 1. The van der Waals surface area contributed by atoms with Gasteiger partial charge in [-0.2, -0.15) is 0 Å². The van der Waals surface area contributed by atoms with Crippen LogP contribution in [0.3, 0.4) is 0 Å². The second-order valence-corrected chi connectivity index (χ2v) is 9.20. The molecule has 5 aromatic rings. The molecule has 0 aliphatic rings. The number of para-hydroxylation sites is 1. The van der Waals surface area contributed by atoms with Crippen molar-refractivity contribution >= 4 is 55.5 Å². The molecule has 0 saturated heterocycles. The summed E-state index contributed by atoms with van der Waals surface area (Å²) in [6.07, 6.45) is 5.79. The smallest absolute Gasteiger partial charge is 0.185 e. The van der Waals surface area contributed by atoms with Crippen molar-refractivity contribution in [1.82, 2.24) is 19.9 Å². The van der Waals surface area contributed by atoms with Crippen molar-refractivity contribution in [3.63, 3.8) is 0 Å². The predicted molar refractivity (Wildman–Crippen MR) is 136 cm³/mol. The summed E-state index contributed by atoms with van der Waals surface area (Å²) in [4.78, 5) is 20.6. The molecule has 9 heteroatoms.